The first-order valence-corrected chi connectivity index (χ1v) is 6.84. The van der Waals surface area contributed by atoms with Gasteiger partial charge in [0.25, 0.3) is 0 Å². The molecule has 2 rings (SSSR count). The Hall–Kier alpha value is -0.780. The number of hydrogen-bond acceptors (Lipinski definition) is 0. The lowest BCUT2D eigenvalue weighted by atomic mass is 9.84. The van der Waals surface area contributed by atoms with Gasteiger partial charge in [-0.25, -0.2) is 0 Å². The normalized spacial score (nSPS) is 16.4. The fourth-order valence-corrected chi connectivity index (χ4v) is 2.36. The second kappa shape index (κ2) is 7.49. The van der Waals surface area contributed by atoms with Crippen LogP contribution >= 0.6 is 0 Å². The van der Waals surface area contributed by atoms with Crippen LogP contribution in [0.25, 0.3) is 0 Å². The van der Waals surface area contributed by atoms with Gasteiger partial charge in [-0.1, -0.05) is 69.4 Å². The molecule has 1 aromatic carbocycles. The molecule has 0 atom stereocenters. The Morgan fingerprint density at radius 3 is 2.25 bits per heavy atom. The predicted octanol–water partition coefficient (Wildman–Crippen LogP) is 5.46. The molecule has 0 bridgehead atoms. The van der Waals surface area contributed by atoms with Crippen molar-refractivity contribution < 1.29 is 0 Å². The van der Waals surface area contributed by atoms with E-state index < -0.39 is 0 Å². The molecule has 1 aliphatic rings. The van der Waals surface area contributed by atoms with Gasteiger partial charge in [-0.05, 0) is 31.2 Å². The molecule has 0 N–H and O–H groups in total. The van der Waals surface area contributed by atoms with Crippen LogP contribution in [0.3, 0.4) is 0 Å². The summed E-state index contributed by atoms with van der Waals surface area (Å²) in [6.07, 6.45) is 8.37. The first-order valence-electron chi connectivity index (χ1n) is 6.84. The lowest BCUT2D eigenvalue weighted by Gasteiger charge is -2.22. The second-order valence-corrected chi connectivity index (χ2v) is 4.96. The topological polar surface area (TPSA) is 0 Å². The van der Waals surface area contributed by atoms with Gasteiger partial charge in [0.1, 0.15) is 0 Å². The molecule has 1 aliphatic carbocycles. The van der Waals surface area contributed by atoms with Gasteiger partial charge in [0.2, 0.25) is 0 Å². The van der Waals surface area contributed by atoms with Crippen molar-refractivity contribution in [1.82, 2.24) is 0 Å². The van der Waals surface area contributed by atoms with Crippen molar-refractivity contribution in [2.24, 2.45) is 0 Å². The van der Waals surface area contributed by atoms with Crippen LogP contribution in [0.1, 0.15) is 69.4 Å². The third kappa shape index (κ3) is 4.38. The summed E-state index contributed by atoms with van der Waals surface area (Å²) >= 11 is 0. The number of aryl methyl sites for hydroxylation is 1. The Kier molecular flexibility index (Phi) is 6.22. The van der Waals surface area contributed by atoms with E-state index in [2.05, 4.69) is 45.0 Å². The minimum absolute atomic E-state index is 0.855. The Morgan fingerprint density at radius 2 is 1.69 bits per heavy atom. The molecule has 0 nitrogen and oxygen atoms in total. The van der Waals surface area contributed by atoms with Crippen LogP contribution in [0.4, 0.5) is 0 Å². The van der Waals surface area contributed by atoms with Crippen molar-refractivity contribution in [3.05, 3.63) is 35.4 Å². The van der Waals surface area contributed by atoms with Crippen LogP contribution < -0.4 is 0 Å². The third-order valence-electron chi connectivity index (χ3n) is 3.12. The zero-order chi connectivity index (χ0) is 11.8. The highest BCUT2D eigenvalue weighted by Gasteiger charge is 2.14. The van der Waals surface area contributed by atoms with Crippen LogP contribution in [0.5, 0.6) is 0 Å². The van der Waals surface area contributed by atoms with Crippen molar-refractivity contribution in [2.75, 3.05) is 0 Å². The van der Waals surface area contributed by atoms with Gasteiger partial charge < -0.3 is 0 Å². The second-order valence-electron chi connectivity index (χ2n) is 4.96. The predicted molar refractivity (Wildman–Crippen MR) is 73.0 cm³/mol. The van der Waals surface area contributed by atoms with Gasteiger partial charge in [0.05, 0.1) is 0 Å². The maximum Gasteiger partial charge on any atom is -0.0162 e. The SMILES string of the molecule is CCC.Cc1cccc(C2CCCCC2)c1. The highest BCUT2D eigenvalue weighted by atomic mass is 14.2. The summed E-state index contributed by atoms with van der Waals surface area (Å²) in [5.74, 6) is 0.855. The fourth-order valence-electron chi connectivity index (χ4n) is 2.36. The zero-order valence-corrected chi connectivity index (χ0v) is 11.1. The lowest BCUT2D eigenvalue weighted by molar-refractivity contribution is 0.443. The third-order valence-corrected chi connectivity index (χ3v) is 3.12. The molecule has 0 spiro atoms. The summed E-state index contributed by atoms with van der Waals surface area (Å²) in [5, 5.41) is 0. The Labute approximate surface area is 101 Å². The summed E-state index contributed by atoms with van der Waals surface area (Å²) < 4.78 is 0. The molecule has 1 fully saturated rings. The van der Waals surface area contributed by atoms with Crippen LogP contribution in [-0.4, -0.2) is 0 Å². The molecule has 0 amide bonds. The van der Waals surface area contributed by atoms with Gasteiger partial charge in [0.15, 0.2) is 0 Å². The molecular formula is C16H26. The van der Waals surface area contributed by atoms with E-state index in [0.29, 0.717) is 0 Å². The molecule has 16 heavy (non-hydrogen) atoms. The zero-order valence-electron chi connectivity index (χ0n) is 11.1. The molecule has 0 aliphatic heterocycles. The number of hydrogen-bond donors (Lipinski definition) is 0. The van der Waals surface area contributed by atoms with E-state index in [9.17, 15) is 0 Å². The van der Waals surface area contributed by atoms with Crippen molar-refractivity contribution >= 4 is 0 Å². The molecule has 0 unspecified atom stereocenters. The summed E-state index contributed by atoms with van der Waals surface area (Å²) in [7, 11) is 0. The summed E-state index contributed by atoms with van der Waals surface area (Å²) in [6.45, 7) is 6.44. The number of benzene rings is 1. The monoisotopic (exact) mass is 218 g/mol. The molecular weight excluding hydrogens is 192 g/mol. The minimum Gasteiger partial charge on any atom is -0.0656 e. The average Bonchev–Trinajstić information content (AvgIpc) is 2.31. The van der Waals surface area contributed by atoms with Crippen molar-refractivity contribution in [3.63, 3.8) is 0 Å². The molecule has 1 aromatic rings. The van der Waals surface area contributed by atoms with E-state index in [4.69, 9.17) is 0 Å². The maximum absolute atomic E-state index is 2.36. The standard InChI is InChI=1S/C13H18.C3H8/c1-11-6-5-9-13(10-11)12-7-3-2-4-8-12;1-3-2/h5-6,9-10,12H,2-4,7-8H2,1H3;3H2,1-2H3. The highest BCUT2D eigenvalue weighted by Crippen LogP contribution is 2.32. The molecule has 90 valence electrons. The molecule has 0 heteroatoms. The van der Waals surface area contributed by atoms with E-state index in [1.807, 2.05) is 0 Å². The van der Waals surface area contributed by atoms with Gasteiger partial charge in [-0.2, -0.15) is 0 Å². The summed E-state index contributed by atoms with van der Waals surface area (Å²) in [5.41, 5.74) is 2.97. The molecule has 0 aromatic heterocycles. The fraction of sp³-hybridized carbons (Fsp3) is 0.625. The van der Waals surface area contributed by atoms with Gasteiger partial charge >= 0.3 is 0 Å². The average molecular weight is 218 g/mol. The van der Waals surface area contributed by atoms with Crippen molar-refractivity contribution in [1.29, 1.82) is 0 Å². The first-order chi connectivity index (χ1) is 7.77. The molecule has 1 saturated carbocycles. The van der Waals surface area contributed by atoms with Crippen LogP contribution in [-0.2, 0) is 0 Å². The smallest absolute Gasteiger partial charge is 0.0162 e. The Balaban J connectivity index is 0.000000386. The van der Waals surface area contributed by atoms with E-state index in [1.165, 1.54) is 44.1 Å². The molecule has 0 heterocycles. The Bertz CT molecular complexity index is 282. The van der Waals surface area contributed by atoms with Crippen molar-refractivity contribution in [3.8, 4) is 0 Å². The molecule has 0 radical (unpaired) electrons. The van der Waals surface area contributed by atoms with Crippen LogP contribution in [0.15, 0.2) is 24.3 Å². The van der Waals surface area contributed by atoms with E-state index >= 15 is 0 Å². The van der Waals surface area contributed by atoms with Crippen LogP contribution in [0.2, 0.25) is 0 Å². The Morgan fingerprint density at radius 1 is 1.06 bits per heavy atom. The first kappa shape index (κ1) is 13.3. The maximum atomic E-state index is 2.36. The summed E-state index contributed by atoms with van der Waals surface area (Å²) in [4.78, 5) is 0. The van der Waals surface area contributed by atoms with E-state index in [1.54, 1.807) is 5.56 Å². The summed E-state index contributed by atoms with van der Waals surface area (Å²) in [6, 6.07) is 9.03. The lowest BCUT2D eigenvalue weighted by Crippen LogP contribution is -2.04. The quantitative estimate of drug-likeness (QED) is 0.587. The van der Waals surface area contributed by atoms with Gasteiger partial charge in [0, 0.05) is 0 Å². The van der Waals surface area contributed by atoms with E-state index in [-0.39, 0.29) is 0 Å². The number of rotatable bonds is 1. The largest absolute Gasteiger partial charge is 0.0656 e. The van der Waals surface area contributed by atoms with Gasteiger partial charge in [-0.3, -0.25) is 0 Å². The van der Waals surface area contributed by atoms with Gasteiger partial charge in [-0.15, -0.1) is 0 Å². The highest BCUT2D eigenvalue weighted by molar-refractivity contribution is 5.25. The minimum atomic E-state index is 0.855. The van der Waals surface area contributed by atoms with Crippen molar-refractivity contribution in [2.45, 2.75) is 65.2 Å². The molecule has 0 saturated heterocycles. The van der Waals surface area contributed by atoms with Crippen LogP contribution in [0, 0.1) is 6.92 Å². The van der Waals surface area contributed by atoms with E-state index in [0.717, 1.165) is 5.92 Å².